The number of pyridine rings is 1. The Balaban J connectivity index is 1.72. The summed E-state index contributed by atoms with van der Waals surface area (Å²) in [5, 5.41) is 6.85. The third-order valence-electron chi connectivity index (χ3n) is 5.20. The van der Waals surface area contributed by atoms with Crippen LogP contribution in [-0.4, -0.2) is 38.8 Å². The molecule has 1 saturated heterocycles. The summed E-state index contributed by atoms with van der Waals surface area (Å²) in [6.07, 6.45) is 6.05. The van der Waals surface area contributed by atoms with Gasteiger partial charge in [0.05, 0.1) is 11.6 Å². The molecule has 1 fully saturated rings. The summed E-state index contributed by atoms with van der Waals surface area (Å²) < 4.78 is 2.22. The summed E-state index contributed by atoms with van der Waals surface area (Å²) >= 11 is 6.04. The van der Waals surface area contributed by atoms with Crippen molar-refractivity contribution in [3.05, 3.63) is 47.7 Å². The van der Waals surface area contributed by atoms with E-state index in [9.17, 15) is 0 Å². The molecule has 1 aliphatic heterocycles. The molecule has 0 aliphatic carbocycles. The van der Waals surface area contributed by atoms with Gasteiger partial charge in [0.1, 0.15) is 5.69 Å². The minimum atomic E-state index is 0.445. The Morgan fingerprint density at radius 2 is 1.80 bits per heavy atom. The molecular formula is C20H23ClN4. The van der Waals surface area contributed by atoms with E-state index in [-0.39, 0.29) is 0 Å². The lowest BCUT2D eigenvalue weighted by Gasteiger charge is -2.34. The lowest BCUT2D eigenvalue weighted by atomic mass is 10.0. The average molecular weight is 355 g/mol. The molecule has 4 rings (SSSR count). The Bertz CT molecular complexity index is 861. The smallest absolute Gasteiger partial charge is 0.102 e. The molecule has 5 heteroatoms. The van der Waals surface area contributed by atoms with Crippen molar-refractivity contribution in [3.8, 4) is 11.3 Å². The summed E-state index contributed by atoms with van der Waals surface area (Å²) in [5.41, 5.74) is 3.25. The highest BCUT2D eigenvalue weighted by Crippen LogP contribution is 2.33. The molecule has 0 radical (unpaired) electrons. The zero-order valence-electron chi connectivity index (χ0n) is 14.7. The van der Waals surface area contributed by atoms with E-state index in [4.69, 9.17) is 16.7 Å². The summed E-state index contributed by atoms with van der Waals surface area (Å²) in [7, 11) is 0. The molecule has 25 heavy (non-hydrogen) atoms. The van der Waals surface area contributed by atoms with Crippen molar-refractivity contribution in [2.24, 2.45) is 0 Å². The number of likely N-dealkylation sites (tertiary alicyclic amines) is 1. The van der Waals surface area contributed by atoms with Crippen molar-refractivity contribution in [1.82, 2.24) is 19.7 Å². The minimum absolute atomic E-state index is 0.445. The number of rotatable bonds is 3. The molecule has 3 heterocycles. The molecule has 0 N–H and O–H groups in total. The molecule has 0 bridgehead atoms. The first-order chi connectivity index (χ1) is 12.1. The Labute approximate surface area is 153 Å². The Morgan fingerprint density at radius 3 is 2.48 bits per heavy atom. The lowest BCUT2D eigenvalue weighted by molar-refractivity contribution is 0.149. The maximum absolute atomic E-state index is 6.04. The Hall–Kier alpha value is -1.91. The number of halogens is 1. The van der Waals surface area contributed by atoms with Gasteiger partial charge >= 0.3 is 0 Å². The molecule has 130 valence electrons. The van der Waals surface area contributed by atoms with E-state index in [1.807, 2.05) is 36.7 Å². The normalized spacial score (nSPS) is 16.8. The highest BCUT2D eigenvalue weighted by molar-refractivity contribution is 6.30. The quantitative estimate of drug-likeness (QED) is 0.677. The van der Waals surface area contributed by atoms with Crippen LogP contribution in [0.4, 0.5) is 0 Å². The standard InChI is InChI=1S/C20H23ClN4/c1-14(2)24-11-8-17(9-12-24)25-19-7-10-22-13-18(19)20(23-25)15-3-5-16(21)6-4-15/h3-7,10,13-14,17H,8-9,11-12H2,1-2H3. The predicted molar refractivity (Wildman–Crippen MR) is 103 cm³/mol. The number of piperidine rings is 1. The fourth-order valence-electron chi connectivity index (χ4n) is 3.73. The van der Waals surface area contributed by atoms with Gasteiger partial charge in [0.15, 0.2) is 0 Å². The summed E-state index contributed by atoms with van der Waals surface area (Å²) in [5.74, 6) is 0. The van der Waals surface area contributed by atoms with Gasteiger partial charge in [-0.2, -0.15) is 5.10 Å². The number of aromatic nitrogens is 3. The van der Waals surface area contributed by atoms with Crippen molar-refractivity contribution in [2.75, 3.05) is 13.1 Å². The van der Waals surface area contributed by atoms with Gasteiger partial charge in [0, 0.05) is 47.5 Å². The number of hydrogen-bond donors (Lipinski definition) is 0. The third-order valence-corrected chi connectivity index (χ3v) is 5.45. The van der Waals surface area contributed by atoms with Gasteiger partial charge in [-0.05, 0) is 44.9 Å². The molecule has 0 unspecified atom stereocenters. The van der Waals surface area contributed by atoms with Crippen LogP contribution in [-0.2, 0) is 0 Å². The zero-order chi connectivity index (χ0) is 17.4. The van der Waals surface area contributed by atoms with E-state index in [1.54, 1.807) is 0 Å². The molecule has 0 atom stereocenters. The first-order valence-corrected chi connectivity index (χ1v) is 9.33. The maximum Gasteiger partial charge on any atom is 0.102 e. The fourth-order valence-corrected chi connectivity index (χ4v) is 3.86. The molecule has 1 aliphatic rings. The van der Waals surface area contributed by atoms with Gasteiger partial charge in [0.2, 0.25) is 0 Å². The van der Waals surface area contributed by atoms with E-state index >= 15 is 0 Å². The zero-order valence-corrected chi connectivity index (χ0v) is 15.4. The summed E-state index contributed by atoms with van der Waals surface area (Å²) in [6, 6.07) is 11.0. The van der Waals surface area contributed by atoms with Gasteiger partial charge in [-0.25, -0.2) is 0 Å². The van der Waals surface area contributed by atoms with E-state index < -0.39 is 0 Å². The van der Waals surface area contributed by atoms with Gasteiger partial charge < -0.3 is 4.90 Å². The van der Waals surface area contributed by atoms with Crippen LogP contribution in [0.3, 0.4) is 0 Å². The van der Waals surface area contributed by atoms with Crippen LogP contribution in [0.1, 0.15) is 32.7 Å². The fraction of sp³-hybridized carbons (Fsp3) is 0.400. The second-order valence-electron chi connectivity index (χ2n) is 7.05. The highest BCUT2D eigenvalue weighted by Gasteiger charge is 2.25. The molecule has 2 aromatic heterocycles. The van der Waals surface area contributed by atoms with Gasteiger partial charge in [0.25, 0.3) is 0 Å². The van der Waals surface area contributed by atoms with E-state index in [0.717, 1.165) is 47.6 Å². The largest absolute Gasteiger partial charge is 0.301 e. The number of hydrogen-bond acceptors (Lipinski definition) is 3. The van der Waals surface area contributed by atoms with Crippen molar-refractivity contribution in [3.63, 3.8) is 0 Å². The first kappa shape index (κ1) is 16.6. The van der Waals surface area contributed by atoms with E-state index in [1.165, 1.54) is 5.52 Å². The van der Waals surface area contributed by atoms with Crippen LogP contribution in [0.5, 0.6) is 0 Å². The molecular weight excluding hydrogens is 332 g/mol. The first-order valence-electron chi connectivity index (χ1n) is 8.95. The molecule has 1 aromatic carbocycles. The SMILES string of the molecule is CC(C)N1CCC(n2nc(-c3ccc(Cl)cc3)c3cnccc32)CC1. The predicted octanol–water partition coefficient (Wildman–Crippen LogP) is 4.80. The lowest BCUT2D eigenvalue weighted by Crippen LogP contribution is -2.39. The second kappa shape index (κ2) is 6.77. The molecule has 3 aromatic rings. The number of fused-ring (bicyclic) bond motifs is 1. The van der Waals surface area contributed by atoms with Crippen LogP contribution in [0.2, 0.25) is 5.02 Å². The van der Waals surface area contributed by atoms with Crippen molar-refractivity contribution < 1.29 is 0 Å². The third kappa shape index (κ3) is 3.16. The van der Waals surface area contributed by atoms with Crippen molar-refractivity contribution >= 4 is 22.5 Å². The molecule has 4 nitrogen and oxygen atoms in total. The van der Waals surface area contributed by atoms with Crippen LogP contribution < -0.4 is 0 Å². The van der Waals surface area contributed by atoms with Gasteiger partial charge in [-0.3, -0.25) is 9.67 Å². The van der Waals surface area contributed by atoms with Crippen LogP contribution in [0, 0.1) is 0 Å². The van der Waals surface area contributed by atoms with Gasteiger partial charge in [-0.1, -0.05) is 23.7 Å². The molecule has 0 saturated carbocycles. The topological polar surface area (TPSA) is 34.0 Å². The average Bonchev–Trinajstić information content (AvgIpc) is 3.02. The second-order valence-corrected chi connectivity index (χ2v) is 7.49. The number of benzene rings is 1. The van der Waals surface area contributed by atoms with Crippen LogP contribution in [0.15, 0.2) is 42.7 Å². The highest BCUT2D eigenvalue weighted by atomic mass is 35.5. The minimum Gasteiger partial charge on any atom is -0.301 e. The molecule has 0 amide bonds. The molecule has 0 spiro atoms. The monoisotopic (exact) mass is 354 g/mol. The van der Waals surface area contributed by atoms with Crippen molar-refractivity contribution in [2.45, 2.75) is 38.8 Å². The maximum atomic E-state index is 6.04. The van der Waals surface area contributed by atoms with Crippen LogP contribution >= 0.6 is 11.6 Å². The van der Waals surface area contributed by atoms with E-state index in [2.05, 4.69) is 34.5 Å². The van der Waals surface area contributed by atoms with Gasteiger partial charge in [-0.15, -0.1) is 0 Å². The summed E-state index contributed by atoms with van der Waals surface area (Å²) in [6.45, 7) is 6.80. The van der Waals surface area contributed by atoms with Crippen molar-refractivity contribution in [1.29, 1.82) is 0 Å². The number of nitrogens with zero attached hydrogens (tertiary/aromatic N) is 4. The van der Waals surface area contributed by atoms with E-state index in [0.29, 0.717) is 12.1 Å². The summed E-state index contributed by atoms with van der Waals surface area (Å²) in [4.78, 5) is 6.87. The Kier molecular flexibility index (Phi) is 4.48. The van der Waals surface area contributed by atoms with Crippen LogP contribution in [0.25, 0.3) is 22.2 Å². The Morgan fingerprint density at radius 1 is 1.08 bits per heavy atom.